The molecule has 1 N–H and O–H groups in total. The molecule has 1 fully saturated rings. The summed E-state index contributed by atoms with van der Waals surface area (Å²) < 4.78 is 4.69. The van der Waals surface area contributed by atoms with Crippen molar-refractivity contribution in [2.45, 2.75) is 6.42 Å². The van der Waals surface area contributed by atoms with E-state index in [0.29, 0.717) is 24.5 Å². The first-order chi connectivity index (χ1) is 8.61. The lowest BCUT2D eigenvalue weighted by Gasteiger charge is -2.40. The van der Waals surface area contributed by atoms with Crippen LogP contribution in [0.2, 0.25) is 0 Å². The number of ether oxygens (including phenoxy) is 1. The van der Waals surface area contributed by atoms with Gasteiger partial charge in [0.25, 0.3) is 0 Å². The van der Waals surface area contributed by atoms with Crippen LogP contribution in [0.1, 0.15) is 16.8 Å². The standard InChI is InChI=1S/C12H14N2O4/c1-18-12(17)9-3-2-4-13-11(9)14-6-8(7-14)5-10(15)16/h2-4,8H,5-7H2,1H3,(H,15,16). The van der Waals surface area contributed by atoms with Crippen molar-refractivity contribution in [3.05, 3.63) is 23.9 Å². The van der Waals surface area contributed by atoms with Gasteiger partial charge in [0.15, 0.2) is 0 Å². The van der Waals surface area contributed by atoms with E-state index >= 15 is 0 Å². The van der Waals surface area contributed by atoms with E-state index in [0.717, 1.165) is 0 Å². The smallest absolute Gasteiger partial charge is 0.341 e. The molecule has 0 radical (unpaired) electrons. The number of aromatic nitrogens is 1. The SMILES string of the molecule is COC(=O)c1cccnc1N1CC(CC(=O)O)C1. The molecule has 0 unspecified atom stereocenters. The minimum atomic E-state index is -0.797. The minimum Gasteiger partial charge on any atom is -0.481 e. The van der Waals surface area contributed by atoms with E-state index in [-0.39, 0.29) is 12.3 Å². The van der Waals surface area contributed by atoms with Gasteiger partial charge >= 0.3 is 11.9 Å². The Hall–Kier alpha value is -2.11. The van der Waals surface area contributed by atoms with Gasteiger partial charge in [0.2, 0.25) is 0 Å². The van der Waals surface area contributed by atoms with Gasteiger partial charge in [0, 0.05) is 25.2 Å². The summed E-state index contributed by atoms with van der Waals surface area (Å²) in [5.41, 5.74) is 0.411. The summed E-state index contributed by atoms with van der Waals surface area (Å²) in [5, 5.41) is 8.68. The molecular weight excluding hydrogens is 236 g/mol. The fraction of sp³-hybridized carbons (Fsp3) is 0.417. The Kier molecular flexibility index (Phi) is 3.45. The maximum Gasteiger partial charge on any atom is 0.341 e. The molecule has 6 nitrogen and oxygen atoms in total. The van der Waals surface area contributed by atoms with E-state index in [9.17, 15) is 9.59 Å². The molecule has 6 heteroatoms. The van der Waals surface area contributed by atoms with Crippen LogP contribution in [0, 0.1) is 5.92 Å². The molecule has 0 saturated carbocycles. The Morgan fingerprint density at radius 3 is 2.89 bits per heavy atom. The van der Waals surface area contributed by atoms with E-state index in [1.807, 2.05) is 4.90 Å². The van der Waals surface area contributed by atoms with Crippen LogP contribution in [-0.4, -0.2) is 42.2 Å². The summed E-state index contributed by atoms with van der Waals surface area (Å²) in [6.07, 6.45) is 1.75. The quantitative estimate of drug-likeness (QED) is 0.795. The number of hydrogen-bond acceptors (Lipinski definition) is 5. The van der Waals surface area contributed by atoms with Crippen LogP contribution in [0.25, 0.3) is 0 Å². The maximum atomic E-state index is 11.6. The predicted octanol–water partition coefficient (Wildman–Crippen LogP) is 0.779. The Bertz CT molecular complexity index is 469. The number of esters is 1. The fourth-order valence-corrected chi connectivity index (χ4v) is 2.04. The summed E-state index contributed by atoms with van der Waals surface area (Å²) >= 11 is 0. The van der Waals surface area contributed by atoms with Crippen molar-refractivity contribution < 1.29 is 19.4 Å². The van der Waals surface area contributed by atoms with Gasteiger partial charge in [-0.05, 0) is 12.1 Å². The van der Waals surface area contributed by atoms with Gasteiger partial charge in [-0.25, -0.2) is 9.78 Å². The van der Waals surface area contributed by atoms with Gasteiger partial charge in [-0.2, -0.15) is 0 Å². The van der Waals surface area contributed by atoms with E-state index in [4.69, 9.17) is 5.11 Å². The number of carboxylic acids is 1. The zero-order valence-corrected chi connectivity index (χ0v) is 10.00. The summed E-state index contributed by atoms with van der Waals surface area (Å²) in [7, 11) is 1.32. The van der Waals surface area contributed by atoms with Gasteiger partial charge in [-0.1, -0.05) is 0 Å². The molecule has 1 saturated heterocycles. The van der Waals surface area contributed by atoms with Crippen LogP contribution < -0.4 is 4.90 Å². The number of carbonyl (C=O) groups is 2. The molecule has 1 aliphatic rings. The molecule has 1 aliphatic heterocycles. The topological polar surface area (TPSA) is 79.7 Å². The van der Waals surface area contributed by atoms with Crippen molar-refractivity contribution in [1.82, 2.24) is 4.98 Å². The molecule has 96 valence electrons. The number of aliphatic carboxylic acids is 1. The molecule has 0 bridgehead atoms. The van der Waals surface area contributed by atoms with Crippen LogP contribution in [-0.2, 0) is 9.53 Å². The van der Waals surface area contributed by atoms with Crippen molar-refractivity contribution in [2.75, 3.05) is 25.1 Å². The molecular formula is C12H14N2O4. The number of carboxylic acid groups (broad SMARTS) is 1. The average molecular weight is 250 g/mol. The van der Waals surface area contributed by atoms with Gasteiger partial charge in [0.1, 0.15) is 11.4 Å². The van der Waals surface area contributed by atoms with Crippen molar-refractivity contribution >= 4 is 17.8 Å². The van der Waals surface area contributed by atoms with Gasteiger partial charge in [0.05, 0.1) is 13.5 Å². The number of anilines is 1. The van der Waals surface area contributed by atoms with Crippen molar-refractivity contribution in [3.63, 3.8) is 0 Å². The van der Waals surface area contributed by atoms with E-state index in [2.05, 4.69) is 9.72 Å². The largest absolute Gasteiger partial charge is 0.481 e. The molecule has 1 aromatic rings. The van der Waals surface area contributed by atoms with Crippen LogP contribution >= 0.6 is 0 Å². The van der Waals surface area contributed by atoms with E-state index in [1.54, 1.807) is 18.3 Å². The predicted molar refractivity (Wildman–Crippen MR) is 63.5 cm³/mol. The fourth-order valence-electron chi connectivity index (χ4n) is 2.04. The summed E-state index contributed by atoms with van der Waals surface area (Å²) in [6.45, 7) is 1.21. The maximum absolute atomic E-state index is 11.6. The first-order valence-corrected chi connectivity index (χ1v) is 5.62. The van der Waals surface area contributed by atoms with Crippen LogP contribution in [0.15, 0.2) is 18.3 Å². The summed E-state index contributed by atoms with van der Waals surface area (Å²) in [5.74, 6) is -0.547. The molecule has 2 rings (SSSR count). The van der Waals surface area contributed by atoms with Crippen molar-refractivity contribution in [1.29, 1.82) is 0 Å². The Morgan fingerprint density at radius 2 is 2.28 bits per heavy atom. The van der Waals surface area contributed by atoms with E-state index in [1.165, 1.54) is 7.11 Å². The molecule has 0 atom stereocenters. The second-order valence-corrected chi connectivity index (χ2v) is 4.24. The molecule has 0 spiro atoms. The lowest BCUT2D eigenvalue weighted by atomic mass is 9.96. The summed E-state index contributed by atoms with van der Waals surface area (Å²) in [4.78, 5) is 28.2. The zero-order valence-electron chi connectivity index (χ0n) is 10.00. The Labute approximate surface area is 104 Å². The highest BCUT2D eigenvalue weighted by molar-refractivity contribution is 5.94. The third kappa shape index (κ3) is 2.42. The highest BCUT2D eigenvalue weighted by atomic mass is 16.5. The number of hydrogen-bond donors (Lipinski definition) is 1. The molecule has 1 aromatic heterocycles. The monoisotopic (exact) mass is 250 g/mol. The Balaban J connectivity index is 2.07. The summed E-state index contributed by atoms with van der Waals surface area (Å²) in [6, 6.07) is 3.32. The number of rotatable bonds is 4. The average Bonchev–Trinajstić information content (AvgIpc) is 2.32. The third-order valence-electron chi connectivity index (χ3n) is 2.91. The van der Waals surface area contributed by atoms with Crippen molar-refractivity contribution in [2.24, 2.45) is 5.92 Å². The number of carbonyl (C=O) groups excluding carboxylic acids is 1. The van der Waals surface area contributed by atoms with E-state index < -0.39 is 11.9 Å². The van der Waals surface area contributed by atoms with Crippen LogP contribution in [0.4, 0.5) is 5.82 Å². The third-order valence-corrected chi connectivity index (χ3v) is 2.91. The Morgan fingerprint density at radius 1 is 1.56 bits per heavy atom. The van der Waals surface area contributed by atoms with Crippen LogP contribution in [0.5, 0.6) is 0 Å². The lowest BCUT2D eigenvalue weighted by molar-refractivity contribution is -0.138. The lowest BCUT2D eigenvalue weighted by Crippen LogP contribution is -2.48. The molecule has 2 heterocycles. The molecule has 18 heavy (non-hydrogen) atoms. The highest BCUT2D eigenvalue weighted by Crippen LogP contribution is 2.27. The number of pyridine rings is 1. The van der Waals surface area contributed by atoms with Gasteiger partial charge in [-0.3, -0.25) is 4.79 Å². The van der Waals surface area contributed by atoms with Gasteiger partial charge < -0.3 is 14.7 Å². The molecule has 0 aromatic carbocycles. The second-order valence-electron chi connectivity index (χ2n) is 4.24. The molecule has 0 amide bonds. The number of methoxy groups -OCH3 is 1. The second kappa shape index (κ2) is 5.03. The minimum absolute atomic E-state index is 0.120. The first-order valence-electron chi connectivity index (χ1n) is 5.62. The first kappa shape index (κ1) is 12.3. The normalized spacial score (nSPS) is 15.1. The van der Waals surface area contributed by atoms with Gasteiger partial charge in [-0.15, -0.1) is 0 Å². The number of nitrogens with zero attached hydrogens (tertiary/aromatic N) is 2. The highest BCUT2D eigenvalue weighted by Gasteiger charge is 2.31. The van der Waals surface area contributed by atoms with Crippen molar-refractivity contribution in [3.8, 4) is 0 Å². The zero-order chi connectivity index (χ0) is 13.1. The van der Waals surface area contributed by atoms with Crippen LogP contribution in [0.3, 0.4) is 0 Å². The molecule has 0 aliphatic carbocycles.